The maximum atomic E-state index is 13.0. The van der Waals surface area contributed by atoms with Crippen LogP contribution >= 0.6 is 0 Å². The van der Waals surface area contributed by atoms with Crippen molar-refractivity contribution >= 4 is 32.6 Å². The summed E-state index contributed by atoms with van der Waals surface area (Å²) in [6, 6.07) is 10.7. The maximum Gasteiger partial charge on any atom is 0.291 e. The van der Waals surface area contributed by atoms with Gasteiger partial charge in [-0.2, -0.15) is 4.31 Å². The standard InChI is InChI=1S/C24H26N2O6S/c1-14-9-15(2)23-20(27)11-22(32-21(23)10-14)24(28)25-18-5-7-19(8-6-18)33(29,30)26-12-16(3)31-17(4)13-26/h5-11,16-17H,12-13H2,1-4H3,(H,25,28)/t16-,17-/m0/s1. The van der Waals surface area contributed by atoms with Crippen molar-refractivity contribution in [2.45, 2.75) is 44.8 Å². The minimum absolute atomic E-state index is 0.120. The highest BCUT2D eigenvalue weighted by Gasteiger charge is 2.32. The number of benzene rings is 2. The molecule has 8 nitrogen and oxygen atoms in total. The molecular weight excluding hydrogens is 444 g/mol. The Hall–Kier alpha value is -3.01. The van der Waals surface area contributed by atoms with Crippen molar-refractivity contribution in [2.75, 3.05) is 18.4 Å². The van der Waals surface area contributed by atoms with Crippen LogP contribution in [0.25, 0.3) is 11.0 Å². The Labute approximate surface area is 192 Å². The zero-order valence-electron chi connectivity index (χ0n) is 18.9. The van der Waals surface area contributed by atoms with E-state index >= 15 is 0 Å². The molecule has 1 aromatic heterocycles. The van der Waals surface area contributed by atoms with Gasteiger partial charge in [0.05, 0.1) is 22.5 Å². The number of fused-ring (bicyclic) bond motifs is 1. The number of hydrogen-bond donors (Lipinski definition) is 1. The summed E-state index contributed by atoms with van der Waals surface area (Å²) < 4.78 is 38.7. The highest BCUT2D eigenvalue weighted by Crippen LogP contribution is 2.23. The quantitative estimate of drug-likeness (QED) is 0.626. The molecular formula is C24H26N2O6S. The number of aryl methyl sites for hydroxylation is 2. The fourth-order valence-corrected chi connectivity index (χ4v) is 5.75. The zero-order chi connectivity index (χ0) is 23.9. The van der Waals surface area contributed by atoms with Gasteiger partial charge in [-0.15, -0.1) is 0 Å². The Morgan fingerprint density at radius 1 is 1.03 bits per heavy atom. The van der Waals surface area contributed by atoms with Gasteiger partial charge in [-0.3, -0.25) is 9.59 Å². The number of nitrogens with one attached hydrogen (secondary N) is 1. The van der Waals surface area contributed by atoms with Crippen LogP contribution in [0.15, 0.2) is 56.6 Å². The molecule has 1 N–H and O–H groups in total. The lowest BCUT2D eigenvalue weighted by atomic mass is 10.1. The molecule has 0 aliphatic carbocycles. The number of nitrogens with zero attached hydrogens (tertiary/aromatic N) is 1. The Morgan fingerprint density at radius 3 is 2.30 bits per heavy atom. The first-order valence-corrected chi connectivity index (χ1v) is 12.1. The summed E-state index contributed by atoms with van der Waals surface area (Å²) in [6.07, 6.45) is -0.377. The predicted octanol–water partition coefficient (Wildman–Crippen LogP) is 3.46. The molecule has 0 bridgehead atoms. The van der Waals surface area contributed by atoms with Crippen LogP contribution in [0.4, 0.5) is 5.69 Å². The number of ether oxygens (including phenoxy) is 1. The Kier molecular flexibility index (Phi) is 6.13. The second-order valence-corrected chi connectivity index (χ2v) is 10.4. The lowest BCUT2D eigenvalue weighted by Gasteiger charge is -2.34. The zero-order valence-corrected chi connectivity index (χ0v) is 19.7. The van der Waals surface area contributed by atoms with Gasteiger partial charge < -0.3 is 14.5 Å². The number of hydrogen-bond acceptors (Lipinski definition) is 6. The van der Waals surface area contributed by atoms with Gasteiger partial charge in [0.15, 0.2) is 11.2 Å². The van der Waals surface area contributed by atoms with Crippen LogP contribution in [0.1, 0.15) is 35.5 Å². The summed E-state index contributed by atoms with van der Waals surface area (Å²) in [5, 5.41) is 3.09. The lowest BCUT2D eigenvalue weighted by molar-refractivity contribution is -0.0440. The largest absolute Gasteiger partial charge is 0.451 e. The molecule has 0 saturated carbocycles. The molecule has 4 rings (SSSR count). The number of rotatable bonds is 4. The third-order valence-electron chi connectivity index (χ3n) is 5.53. The molecule has 1 fully saturated rings. The highest BCUT2D eigenvalue weighted by molar-refractivity contribution is 7.89. The van der Waals surface area contributed by atoms with Crippen molar-refractivity contribution in [2.24, 2.45) is 0 Å². The predicted molar refractivity (Wildman–Crippen MR) is 125 cm³/mol. The Bertz CT molecular complexity index is 1370. The van der Waals surface area contributed by atoms with Crippen LogP contribution in [0.2, 0.25) is 0 Å². The molecule has 3 aromatic rings. The topological polar surface area (TPSA) is 106 Å². The summed E-state index contributed by atoms with van der Waals surface area (Å²) in [5.74, 6) is -0.718. The fraction of sp³-hybridized carbons (Fsp3) is 0.333. The van der Waals surface area contributed by atoms with Gasteiger partial charge in [0.1, 0.15) is 5.58 Å². The van der Waals surface area contributed by atoms with Gasteiger partial charge in [0.2, 0.25) is 10.0 Å². The SMILES string of the molecule is Cc1cc(C)c2c(=O)cc(C(=O)Nc3ccc(S(=O)(=O)N4C[C@H](C)O[C@@H](C)C4)cc3)oc2c1. The first-order valence-electron chi connectivity index (χ1n) is 10.7. The minimum Gasteiger partial charge on any atom is -0.451 e. The van der Waals surface area contributed by atoms with Crippen molar-refractivity contribution in [3.63, 3.8) is 0 Å². The number of sulfonamides is 1. The van der Waals surface area contributed by atoms with Gasteiger partial charge >= 0.3 is 0 Å². The summed E-state index contributed by atoms with van der Waals surface area (Å²) in [5.41, 5.74) is 2.13. The first-order chi connectivity index (χ1) is 15.5. The van der Waals surface area contributed by atoms with Crippen LogP contribution in [0, 0.1) is 13.8 Å². The summed E-state index contributed by atoms with van der Waals surface area (Å²) in [7, 11) is -3.68. The van der Waals surface area contributed by atoms with E-state index in [-0.39, 0.29) is 41.4 Å². The van der Waals surface area contributed by atoms with Gasteiger partial charge in [0, 0.05) is 24.8 Å². The van der Waals surface area contributed by atoms with E-state index in [1.807, 2.05) is 33.8 Å². The molecule has 1 saturated heterocycles. The van der Waals surface area contributed by atoms with Gasteiger partial charge in [-0.05, 0) is 69.2 Å². The van der Waals surface area contributed by atoms with E-state index in [9.17, 15) is 18.0 Å². The summed E-state index contributed by atoms with van der Waals surface area (Å²) in [6.45, 7) is 7.94. The molecule has 2 aromatic carbocycles. The molecule has 2 heterocycles. The molecule has 0 unspecified atom stereocenters. The smallest absolute Gasteiger partial charge is 0.291 e. The third kappa shape index (κ3) is 4.71. The van der Waals surface area contributed by atoms with Crippen LogP contribution in [-0.2, 0) is 14.8 Å². The lowest BCUT2D eigenvalue weighted by Crippen LogP contribution is -2.48. The number of anilines is 1. The second-order valence-electron chi connectivity index (χ2n) is 8.49. The summed E-state index contributed by atoms with van der Waals surface area (Å²) in [4.78, 5) is 25.3. The van der Waals surface area contributed by atoms with E-state index in [2.05, 4.69) is 5.32 Å². The maximum absolute atomic E-state index is 13.0. The van der Waals surface area contributed by atoms with E-state index in [1.54, 1.807) is 6.07 Å². The van der Waals surface area contributed by atoms with Crippen LogP contribution in [-0.4, -0.2) is 43.9 Å². The second kappa shape index (κ2) is 8.74. The Balaban J connectivity index is 1.55. The third-order valence-corrected chi connectivity index (χ3v) is 7.38. The van der Waals surface area contributed by atoms with Crippen LogP contribution in [0.3, 0.4) is 0 Å². The van der Waals surface area contributed by atoms with Crippen LogP contribution in [0.5, 0.6) is 0 Å². The van der Waals surface area contributed by atoms with Crippen molar-refractivity contribution < 1.29 is 22.4 Å². The molecule has 2 atom stereocenters. The van der Waals surface area contributed by atoms with E-state index in [1.165, 1.54) is 34.6 Å². The van der Waals surface area contributed by atoms with E-state index in [0.29, 0.717) is 16.7 Å². The van der Waals surface area contributed by atoms with Crippen LogP contribution < -0.4 is 10.7 Å². The first kappa shape index (κ1) is 23.2. The fourth-order valence-electron chi connectivity index (χ4n) is 4.15. The molecule has 1 aliphatic rings. The molecule has 1 aliphatic heterocycles. The highest BCUT2D eigenvalue weighted by atomic mass is 32.2. The van der Waals surface area contributed by atoms with Crippen molar-refractivity contribution in [1.82, 2.24) is 4.31 Å². The molecule has 9 heteroatoms. The Morgan fingerprint density at radius 2 is 1.67 bits per heavy atom. The number of carbonyl (C=O) groups excluding carboxylic acids is 1. The van der Waals surface area contributed by atoms with E-state index in [4.69, 9.17) is 9.15 Å². The van der Waals surface area contributed by atoms with Crippen molar-refractivity contribution in [3.05, 3.63) is 69.6 Å². The molecule has 0 radical (unpaired) electrons. The van der Waals surface area contributed by atoms with Crippen molar-refractivity contribution in [3.8, 4) is 0 Å². The number of amides is 1. The molecule has 174 valence electrons. The average Bonchev–Trinajstić information content (AvgIpc) is 2.72. The van der Waals surface area contributed by atoms with Gasteiger partial charge in [-0.25, -0.2) is 8.42 Å². The van der Waals surface area contributed by atoms with Gasteiger partial charge in [0.25, 0.3) is 5.91 Å². The van der Waals surface area contributed by atoms with E-state index < -0.39 is 15.9 Å². The average molecular weight is 471 g/mol. The molecule has 0 spiro atoms. The van der Waals surface area contributed by atoms with Gasteiger partial charge in [-0.1, -0.05) is 6.07 Å². The monoisotopic (exact) mass is 470 g/mol. The normalized spacial score (nSPS) is 19.5. The number of carbonyl (C=O) groups is 1. The van der Waals surface area contributed by atoms with E-state index in [0.717, 1.165) is 11.1 Å². The molecule has 33 heavy (non-hydrogen) atoms. The van der Waals surface area contributed by atoms with Crippen molar-refractivity contribution in [1.29, 1.82) is 0 Å². The minimum atomic E-state index is -3.68. The number of morpholine rings is 1. The molecule has 1 amide bonds. The summed E-state index contributed by atoms with van der Waals surface area (Å²) >= 11 is 0.